The van der Waals surface area contributed by atoms with E-state index in [0.29, 0.717) is 6.10 Å². The van der Waals surface area contributed by atoms with E-state index in [1.165, 1.54) is 10.4 Å². The molecule has 1 N–H and O–H groups in total. The molecule has 1 aromatic rings. The fraction of sp³-hybridized carbons (Fsp3) is 0.692. The van der Waals surface area contributed by atoms with E-state index >= 15 is 0 Å². The Bertz CT molecular complexity index is 321. The quantitative estimate of drug-likeness (QED) is 0.792. The van der Waals surface area contributed by atoms with Crippen LogP contribution in [0.5, 0.6) is 0 Å². The maximum atomic E-state index is 5.79. The maximum Gasteiger partial charge on any atom is 0.0619 e. The molecule has 17 heavy (non-hydrogen) atoms. The van der Waals surface area contributed by atoms with Gasteiger partial charge in [0.2, 0.25) is 0 Å². The molecule has 1 fully saturated rings. The highest BCUT2D eigenvalue weighted by Crippen LogP contribution is 2.14. The van der Waals surface area contributed by atoms with Crippen LogP contribution in [-0.2, 0) is 16.0 Å². The van der Waals surface area contributed by atoms with E-state index in [2.05, 4.69) is 23.7 Å². The van der Waals surface area contributed by atoms with Gasteiger partial charge in [0.05, 0.1) is 12.7 Å². The summed E-state index contributed by atoms with van der Waals surface area (Å²) in [4.78, 5) is 1.43. The summed E-state index contributed by atoms with van der Waals surface area (Å²) in [7, 11) is 0. The molecule has 3 nitrogen and oxygen atoms in total. The van der Waals surface area contributed by atoms with Crippen molar-refractivity contribution in [2.24, 2.45) is 0 Å². The van der Waals surface area contributed by atoms with E-state index in [9.17, 15) is 0 Å². The van der Waals surface area contributed by atoms with E-state index in [4.69, 9.17) is 9.47 Å². The van der Waals surface area contributed by atoms with Gasteiger partial charge < -0.3 is 14.8 Å². The first-order valence-corrected chi connectivity index (χ1v) is 7.17. The normalized spacial score (nSPS) is 17.5. The molecule has 0 spiro atoms. The Labute approximate surface area is 107 Å². The number of rotatable bonds is 6. The molecule has 0 aliphatic carbocycles. The summed E-state index contributed by atoms with van der Waals surface area (Å²) in [6.45, 7) is 6.55. The molecule has 0 aromatic carbocycles. The maximum absolute atomic E-state index is 5.79. The van der Waals surface area contributed by atoms with Crippen molar-refractivity contribution in [3.05, 3.63) is 21.9 Å². The Hall–Kier alpha value is -0.420. The minimum atomic E-state index is 0.411. The molecule has 1 saturated heterocycles. The molecule has 1 aliphatic rings. The van der Waals surface area contributed by atoms with E-state index in [1.54, 1.807) is 0 Å². The van der Waals surface area contributed by atoms with Gasteiger partial charge >= 0.3 is 0 Å². The third-order valence-corrected chi connectivity index (χ3v) is 4.08. The molecule has 0 bridgehead atoms. The number of nitrogens with one attached hydrogen (secondary N) is 1. The minimum Gasteiger partial charge on any atom is -0.381 e. The molecule has 0 atom stereocenters. The van der Waals surface area contributed by atoms with Gasteiger partial charge in [0, 0.05) is 31.2 Å². The summed E-state index contributed by atoms with van der Waals surface area (Å²) in [6.07, 6.45) is 2.50. The second kappa shape index (κ2) is 7.11. The second-order valence-corrected chi connectivity index (χ2v) is 5.39. The van der Waals surface area contributed by atoms with E-state index < -0.39 is 0 Å². The van der Waals surface area contributed by atoms with E-state index in [0.717, 1.165) is 45.8 Å². The Kier molecular flexibility index (Phi) is 5.45. The Morgan fingerprint density at radius 1 is 1.47 bits per heavy atom. The van der Waals surface area contributed by atoms with Crippen LogP contribution in [0.2, 0.25) is 0 Å². The number of hydrogen-bond donors (Lipinski definition) is 1. The van der Waals surface area contributed by atoms with Crippen molar-refractivity contribution in [3.8, 4) is 0 Å². The predicted molar refractivity (Wildman–Crippen MR) is 70.6 cm³/mol. The highest BCUT2D eigenvalue weighted by atomic mass is 32.1. The fourth-order valence-corrected chi connectivity index (χ4v) is 2.80. The molecule has 96 valence electrons. The van der Waals surface area contributed by atoms with Gasteiger partial charge in [-0.05, 0) is 36.8 Å². The van der Waals surface area contributed by atoms with Crippen LogP contribution in [0, 0.1) is 6.92 Å². The number of ether oxygens (including phenoxy) is 2. The zero-order chi connectivity index (χ0) is 11.9. The molecule has 2 rings (SSSR count). The monoisotopic (exact) mass is 255 g/mol. The molecule has 0 unspecified atom stereocenters. The number of aryl methyl sites for hydroxylation is 1. The van der Waals surface area contributed by atoms with Gasteiger partial charge in [0.25, 0.3) is 0 Å². The van der Waals surface area contributed by atoms with Crippen molar-refractivity contribution >= 4 is 11.3 Å². The smallest absolute Gasteiger partial charge is 0.0619 e. The zero-order valence-electron chi connectivity index (χ0n) is 10.4. The number of thiophene rings is 1. The summed E-state index contributed by atoms with van der Waals surface area (Å²) in [6, 6.07) is 2.17. The standard InChI is InChI=1S/C13H21NO2S/c1-11-4-9-17-13(11)10-14-5-8-16-12-2-6-15-7-3-12/h4,9,12,14H,2-3,5-8,10H2,1H3. The Balaban J connectivity index is 1.53. The molecular formula is C13H21NO2S. The number of hydrogen-bond acceptors (Lipinski definition) is 4. The van der Waals surface area contributed by atoms with Gasteiger partial charge in [-0.1, -0.05) is 0 Å². The summed E-state index contributed by atoms with van der Waals surface area (Å²) in [5, 5.41) is 5.57. The lowest BCUT2D eigenvalue weighted by Gasteiger charge is -2.22. The Morgan fingerprint density at radius 2 is 2.29 bits per heavy atom. The van der Waals surface area contributed by atoms with Gasteiger partial charge in [-0.15, -0.1) is 11.3 Å². The summed E-state index contributed by atoms with van der Waals surface area (Å²) in [5.74, 6) is 0. The first kappa shape index (κ1) is 13.0. The lowest BCUT2D eigenvalue weighted by atomic mass is 10.2. The molecule has 0 saturated carbocycles. The molecule has 1 aliphatic heterocycles. The Morgan fingerprint density at radius 3 is 3.00 bits per heavy atom. The van der Waals surface area contributed by atoms with Crippen LogP contribution in [0.1, 0.15) is 23.3 Å². The van der Waals surface area contributed by atoms with Crippen LogP contribution < -0.4 is 5.32 Å². The summed E-state index contributed by atoms with van der Waals surface area (Å²) < 4.78 is 11.1. The predicted octanol–water partition coefficient (Wildman–Crippen LogP) is 2.34. The van der Waals surface area contributed by atoms with Gasteiger partial charge in [0.1, 0.15) is 0 Å². The molecule has 0 amide bonds. The highest BCUT2D eigenvalue weighted by molar-refractivity contribution is 7.10. The fourth-order valence-electron chi connectivity index (χ4n) is 1.93. The topological polar surface area (TPSA) is 30.5 Å². The van der Waals surface area contributed by atoms with Crippen molar-refractivity contribution in [3.63, 3.8) is 0 Å². The van der Waals surface area contributed by atoms with Gasteiger partial charge in [0.15, 0.2) is 0 Å². The van der Waals surface area contributed by atoms with Crippen LogP contribution in [-0.4, -0.2) is 32.5 Å². The third kappa shape index (κ3) is 4.39. The molecular weight excluding hydrogens is 234 g/mol. The van der Waals surface area contributed by atoms with Crippen molar-refractivity contribution in [1.29, 1.82) is 0 Å². The largest absolute Gasteiger partial charge is 0.381 e. The zero-order valence-corrected chi connectivity index (χ0v) is 11.2. The van der Waals surface area contributed by atoms with Crippen LogP contribution in [0.15, 0.2) is 11.4 Å². The lowest BCUT2D eigenvalue weighted by Crippen LogP contribution is -2.27. The van der Waals surface area contributed by atoms with Crippen molar-refractivity contribution in [1.82, 2.24) is 5.32 Å². The van der Waals surface area contributed by atoms with Crippen molar-refractivity contribution in [2.75, 3.05) is 26.4 Å². The average molecular weight is 255 g/mol. The second-order valence-electron chi connectivity index (χ2n) is 4.39. The van der Waals surface area contributed by atoms with Crippen LogP contribution in [0.25, 0.3) is 0 Å². The average Bonchev–Trinajstić information content (AvgIpc) is 2.76. The summed E-state index contributed by atoms with van der Waals surface area (Å²) in [5.41, 5.74) is 1.38. The summed E-state index contributed by atoms with van der Waals surface area (Å²) >= 11 is 1.82. The van der Waals surface area contributed by atoms with E-state index in [-0.39, 0.29) is 0 Å². The molecule has 0 radical (unpaired) electrons. The van der Waals surface area contributed by atoms with Gasteiger partial charge in [-0.25, -0.2) is 0 Å². The first-order valence-electron chi connectivity index (χ1n) is 6.29. The first-order chi connectivity index (χ1) is 8.36. The van der Waals surface area contributed by atoms with Gasteiger partial charge in [-0.3, -0.25) is 0 Å². The molecule has 4 heteroatoms. The molecule has 2 heterocycles. The van der Waals surface area contributed by atoms with Crippen LogP contribution >= 0.6 is 11.3 Å². The van der Waals surface area contributed by atoms with Crippen LogP contribution in [0.4, 0.5) is 0 Å². The minimum absolute atomic E-state index is 0.411. The van der Waals surface area contributed by atoms with Crippen molar-refractivity contribution in [2.45, 2.75) is 32.4 Å². The van der Waals surface area contributed by atoms with Crippen LogP contribution in [0.3, 0.4) is 0 Å². The van der Waals surface area contributed by atoms with E-state index in [1.807, 2.05) is 11.3 Å². The SMILES string of the molecule is Cc1ccsc1CNCCOC1CCOCC1. The van der Waals surface area contributed by atoms with Gasteiger partial charge in [-0.2, -0.15) is 0 Å². The van der Waals surface area contributed by atoms with Crippen molar-refractivity contribution < 1.29 is 9.47 Å². The lowest BCUT2D eigenvalue weighted by molar-refractivity contribution is -0.0305. The highest BCUT2D eigenvalue weighted by Gasteiger charge is 2.13. The third-order valence-electron chi connectivity index (χ3n) is 3.05. The molecule has 1 aromatic heterocycles.